The molecule has 3 nitrogen and oxygen atoms in total. The molecular weight excluding hydrogens is 304 g/mol. The number of nitrogens with zero attached hydrogens (tertiary/aromatic N) is 1. The highest BCUT2D eigenvalue weighted by atomic mass is 35.5. The normalized spacial score (nSPS) is 11.7. The minimum atomic E-state index is -0.922. The van der Waals surface area contributed by atoms with Crippen molar-refractivity contribution >= 4 is 28.1 Å². The van der Waals surface area contributed by atoms with Gasteiger partial charge in [-0.3, -0.25) is 4.21 Å². The average Bonchev–Trinajstić information content (AvgIpc) is 2.48. The lowest BCUT2D eigenvalue weighted by Crippen LogP contribution is -2.01. The van der Waals surface area contributed by atoms with Crippen molar-refractivity contribution in [1.29, 1.82) is 5.26 Å². The molecule has 0 radical (unpaired) electrons. The fraction of sp³-hybridized carbons (Fsp3) is 0.188. The largest absolute Gasteiger partial charge is 0.381 e. The van der Waals surface area contributed by atoms with Crippen LogP contribution in [0.5, 0.6) is 0 Å². The summed E-state index contributed by atoms with van der Waals surface area (Å²) >= 11 is 6.10. The van der Waals surface area contributed by atoms with Crippen LogP contribution in [-0.2, 0) is 23.1 Å². The fourth-order valence-electron chi connectivity index (χ4n) is 1.92. The van der Waals surface area contributed by atoms with Crippen LogP contribution < -0.4 is 5.32 Å². The molecule has 2 aromatic carbocycles. The van der Waals surface area contributed by atoms with Gasteiger partial charge < -0.3 is 5.32 Å². The second kappa shape index (κ2) is 7.26. The first-order chi connectivity index (χ1) is 10.1. The summed E-state index contributed by atoms with van der Waals surface area (Å²) in [4.78, 5) is 0. The van der Waals surface area contributed by atoms with Crippen LogP contribution in [0.3, 0.4) is 0 Å². The number of rotatable bonds is 5. The molecule has 1 unspecified atom stereocenters. The quantitative estimate of drug-likeness (QED) is 0.914. The van der Waals surface area contributed by atoms with Gasteiger partial charge in [-0.25, -0.2) is 0 Å². The van der Waals surface area contributed by atoms with Crippen LogP contribution >= 0.6 is 11.6 Å². The molecule has 2 aromatic rings. The standard InChI is InChI=1S/C16H15ClN2OS/c1-21(20)11-14-8-15(6-7-16(14)17)19-10-13-4-2-12(9-18)3-5-13/h2-8,19H,10-11H2,1H3. The maximum absolute atomic E-state index is 11.3. The number of nitrogens with one attached hydrogen (secondary N) is 1. The molecule has 0 saturated heterocycles. The Morgan fingerprint density at radius 2 is 1.95 bits per heavy atom. The topological polar surface area (TPSA) is 52.9 Å². The Balaban J connectivity index is 2.05. The molecule has 1 N–H and O–H groups in total. The van der Waals surface area contributed by atoms with Crippen molar-refractivity contribution in [2.24, 2.45) is 0 Å². The SMILES string of the molecule is CS(=O)Cc1cc(NCc2ccc(C#N)cc2)ccc1Cl. The number of hydrogen-bond acceptors (Lipinski definition) is 3. The van der Waals surface area contributed by atoms with Gasteiger partial charge in [0.15, 0.2) is 0 Å². The summed E-state index contributed by atoms with van der Waals surface area (Å²) < 4.78 is 11.3. The molecule has 0 bridgehead atoms. The van der Waals surface area contributed by atoms with E-state index in [1.807, 2.05) is 30.3 Å². The number of nitriles is 1. The number of hydrogen-bond donors (Lipinski definition) is 1. The summed E-state index contributed by atoms with van der Waals surface area (Å²) in [5, 5.41) is 12.7. The highest BCUT2D eigenvalue weighted by Gasteiger charge is 2.04. The molecule has 108 valence electrons. The fourth-order valence-corrected chi connectivity index (χ4v) is 2.86. The van der Waals surface area contributed by atoms with Gasteiger partial charge in [-0.15, -0.1) is 0 Å². The van der Waals surface area contributed by atoms with E-state index in [1.165, 1.54) is 0 Å². The maximum Gasteiger partial charge on any atom is 0.0991 e. The molecule has 21 heavy (non-hydrogen) atoms. The summed E-state index contributed by atoms with van der Waals surface area (Å²) in [6.45, 7) is 0.655. The Kier molecular flexibility index (Phi) is 5.38. The summed E-state index contributed by atoms with van der Waals surface area (Å²) in [7, 11) is -0.922. The minimum Gasteiger partial charge on any atom is -0.381 e. The third-order valence-corrected chi connectivity index (χ3v) is 4.07. The van der Waals surface area contributed by atoms with E-state index >= 15 is 0 Å². The Morgan fingerprint density at radius 3 is 2.57 bits per heavy atom. The minimum absolute atomic E-state index is 0.450. The van der Waals surface area contributed by atoms with E-state index in [2.05, 4.69) is 11.4 Å². The van der Waals surface area contributed by atoms with Crippen LogP contribution in [0.4, 0.5) is 5.69 Å². The van der Waals surface area contributed by atoms with E-state index in [1.54, 1.807) is 18.4 Å². The van der Waals surface area contributed by atoms with Crippen LogP contribution in [0.25, 0.3) is 0 Å². The predicted octanol–water partition coefficient (Wildman–Crippen LogP) is 3.70. The van der Waals surface area contributed by atoms with E-state index in [-0.39, 0.29) is 0 Å². The highest BCUT2D eigenvalue weighted by molar-refractivity contribution is 7.83. The first-order valence-corrected chi connectivity index (χ1v) is 8.50. The molecule has 0 saturated carbocycles. The van der Waals surface area contributed by atoms with Gasteiger partial charge in [-0.2, -0.15) is 5.26 Å². The van der Waals surface area contributed by atoms with Crippen LogP contribution in [0, 0.1) is 11.3 Å². The lowest BCUT2D eigenvalue weighted by molar-refractivity contribution is 0.686. The Bertz CT molecular complexity index is 692. The summed E-state index contributed by atoms with van der Waals surface area (Å²) in [5.74, 6) is 0.450. The molecule has 2 rings (SSSR count). The number of halogens is 1. The van der Waals surface area contributed by atoms with E-state index in [0.29, 0.717) is 22.9 Å². The Labute approximate surface area is 132 Å². The van der Waals surface area contributed by atoms with Gasteiger partial charge in [-0.1, -0.05) is 23.7 Å². The van der Waals surface area contributed by atoms with E-state index in [0.717, 1.165) is 16.8 Å². The molecule has 0 aliphatic rings. The molecule has 0 heterocycles. The van der Waals surface area contributed by atoms with Crippen molar-refractivity contribution in [3.63, 3.8) is 0 Å². The van der Waals surface area contributed by atoms with Gasteiger partial charge in [-0.05, 0) is 41.5 Å². The molecule has 0 amide bonds. The zero-order chi connectivity index (χ0) is 15.2. The summed E-state index contributed by atoms with van der Waals surface area (Å²) in [5.41, 5.74) is 3.55. The van der Waals surface area contributed by atoms with E-state index in [4.69, 9.17) is 16.9 Å². The molecule has 5 heteroatoms. The van der Waals surface area contributed by atoms with Gasteiger partial charge >= 0.3 is 0 Å². The molecule has 0 spiro atoms. The summed E-state index contributed by atoms with van der Waals surface area (Å²) in [6.07, 6.45) is 1.66. The van der Waals surface area contributed by atoms with Gasteiger partial charge in [0.25, 0.3) is 0 Å². The Hall–Kier alpha value is -1.83. The molecule has 1 atom stereocenters. The van der Waals surface area contributed by atoms with Crippen LogP contribution in [0.2, 0.25) is 5.02 Å². The molecular formula is C16H15ClN2OS. The van der Waals surface area contributed by atoms with Crippen LogP contribution in [0.1, 0.15) is 16.7 Å². The van der Waals surface area contributed by atoms with Gasteiger partial charge in [0, 0.05) is 40.1 Å². The first kappa shape index (κ1) is 15.6. The van der Waals surface area contributed by atoms with Crippen molar-refractivity contribution in [1.82, 2.24) is 0 Å². The first-order valence-electron chi connectivity index (χ1n) is 6.40. The van der Waals surface area contributed by atoms with Crippen LogP contribution in [0.15, 0.2) is 42.5 Å². The van der Waals surface area contributed by atoms with Gasteiger partial charge in [0.2, 0.25) is 0 Å². The van der Waals surface area contributed by atoms with Crippen LogP contribution in [-0.4, -0.2) is 10.5 Å². The second-order valence-corrected chi connectivity index (χ2v) is 6.53. The van der Waals surface area contributed by atoms with E-state index in [9.17, 15) is 4.21 Å². The molecule has 0 fully saturated rings. The number of benzene rings is 2. The van der Waals surface area contributed by atoms with Crippen molar-refractivity contribution in [3.05, 3.63) is 64.2 Å². The zero-order valence-electron chi connectivity index (χ0n) is 11.6. The predicted molar refractivity (Wildman–Crippen MR) is 87.7 cm³/mol. The zero-order valence-corrected chi connectivity index (χ0v) is 13.2. The third kappa shape index (κ3) is 4.59. The number of anilines is 1. The lowest BCUT2D eigenvalue weighted by atomic mass is 10.1. The highest BCUT2D eigenvalue weighted by Crippen LogP contribution is 2.22. The maximum atomic E-state index is 11.3. The molecule has 0 aliphatic carbocycles. The average molecular weight is 319 g/mol. The van der Waals surface area contributed by atoms with Crippen molar-refractivity contribution in [2.45, 2.75) is 12.3 Å². The van der Waals surface area contributed by atoms with E-state index < -0.39 is 10.8 Å². The summed E-state index contributed by atoms with van der Waals surface area (Å²) in [6, 6.07) is 15.2. The van der Waals surface area contributed by atoms with Crippen molar-refractivity contribution in [2.75, 3.05) is 11.6 Å². The third-order valence-electron chi connectivity index (χ3n) is 2.98. The van der Waals surface area contributed by atoms with Gasteiger partial charge in [0.05, 0.1) is 11.6 Å². The smallest absolute Gasteiger partial charge is 0.0991 e. The lowest BCUT2D eigenvalue weighted by Gasteiger charge is -2.09. The Morgan fingerprint density at radius 1 is 1.24 bits per heavy atom. The monoisotopic (exact) mass is 318 g/mol. The molecule has 0 aromatic heterocycles. The second-order valence-electron chi connectivity index (χ2n) is 4.69. The van der Waals surface area contributed by atoms with Gasteiger partial charge in [0.1, 0.15) is 0 Å². The molecule has 0 aliphatic heterocycles. The van der Waals surface area contributed by atoms with Crippen molar-refractivity contribution in [3.8, 4) is 6.07 Å². The van der Waals surface area contributed by atoms with Crippen molar-refractivity contribution < 1.29 is 4.21 Å².